The molecule has 0 spiro atoms. The summed E-state index contributed by atoms with van der Waals surface area (Å²) >= 11 is 0. The number of hydrogen-bond donors (Lipinski definition) is 2. The minimum atomic E-state index is -1.11. The first-order chi connectivity index (χ1) is 11.9. The number of carbonyl (C=O) groups excluding carboxylic acids is 1. The molecule has 25 heavy (non-hydrogen) atoms. The lowest BCUT2D eigenvalue weighted by atomic mass is 10.2. The number of benzene rings is 1. The van der Waals surface area contributed by atoms with Crippen LogP contribution in [0.1, 0.15) is 30.6 Å². The fraction of sp³-hybridized carbons (Fsp3) is 0.278. The number of carboxylic acids is 1. The quantitative estimate of drug-likeness (QED) is 0.826. The lowest BCUT2D eigenvalue weighted by Gasteiger charge is -2.13. The molecule has 0 saturated heterocycles. The van der Waals surface area contributed by atoms with Gasteiger partial charge in [0, 0.05) is 17.8 Å². The highest BCUT2D eigenvalue weighted by atomic mass is 16.5. The third kappa shape index (κ3) is 6.14. The van der Waals surface area contributed by atoms with E-state index in [1.165, 1.54) is 6.07 Å². The largest absolute Gasteiger partial charge is 0.491 e. The van der Waals surface area contributed by atoms with Gasteiger partial charge in [-0.05, 0) is 38.5 Å². The van der Waals surface area contributed by atoms with Crippen molar-refractivity contribution in [3.05, 3.63) is 48.2 Å². The van der Waals surface area contributed by atoms with Gasteiger partial charge in [0.15, 0.2) is 6.61 Å². The Morgan fingerprint density at radius 2 is 2.00 bits per heavy atom. The van der Waals surface area contributed by atoms with E-state index in [1.807, 2.05) is 26.0 Å². The van der Waals surface area contributed by atoms with Gasteiger partial charge in [-0.15, -0.1) is 0 Å². The summed E-state index contributed by atoms with van der Waals surface area (Å²) in [5.74, 6) is -0.425. The van der Waals surface area contributed by atoms with Crippen molar-refractivity contribution < 1.29 is 24.2 Å². The summed E-state index contributed by atoms with van der Waals surface area (Å²) in [6, 6.07) is 4.58. The van der Waals surface area contributed by atoms with Gasteiger partial charge in [-0.1, -0.05) is 12.2 Å². The fourth-order valence-corrected chi connectivity index (χ4v) is 2.03. The van der Waals surface area contributed by atoms with Gasteiger partial charge < -0.3 is 19.9 Å². The molecule has 132 valence electrons. The summed E-state index contributed by atoms with van der Waals surface area (Å²) in [7, 11) is 0. The lowest BCUT2D eigenvalue weighted by Crippen LogP contribution is -2.29. The average molecular weight is 344 g/mol. The summed E-state index contributed by atoms with van der Waals surface area (Å²) in [5, 5.41) is 11.4. The van der Waals surface area contributed by atoms with Crippen molar-refractivity contribution in [3.8, 4) is 11.5 Å². The van der Waals surface area contributed by atoms with Crippen molar-refractivity contribution in [3.63, 3.8) is 0 Å². The standard InChI is InChI=1S/C18H20N2O5/c1-12(2)25-15-9-13(8-14(10-15)24-11-17(21)22)18(23)20-16-6-4-3-5-7-19-16/h4-10,12H,3,11H2,1-2H3,(H,21,22)(H,19,20,23). The molecule has 7 heteroatoms. The molecule has 0 saturated carbocycles. The fourth-order valence-electron chi connectivity index (χ4n) is 2.03. The molecule has 2 N–H and O–H groups in total. The molecule has 0 radical (unpaired) electrons. The lowest BCUT2D eigenvalue weighted by molar-refractivity contribution is -0.139. The summed E-state index contributed by atoms with van der Waals surface area (Å²) in [5.41, 5.74) is 0.280. The van der Waals surface area contributed by atoms with Crippen LogP contribution in [0.15, 0.2) is 47.6 Å². The predicted molar refractivity (Wildman–Crippen MR) is 93.1 cm³/mol. The second-order valence-corrected chi connectivity index (χ2v) is 5.53. The number of amidine groups is 1. The van der Waals surface area contributed by atoms with Gasteiger partial charge in [-0.25, -0.2) is 9.79 Å². The van der Waals surface area contributed by atoms with E-state index in [0.29, 0.717) is 11.6 Å². The Balaban J connectivity index is 2.22. The summed E-state index contributed by atoms with van der Waals surface area (Å²) in [4.78, 5) is 27.3. The van der Waals surface area contributed by atoms with Crippen LogP contribution in [0.3, 0.4) is 0 Å². The molecule has 1 aliphatic rings. The van der Waals surface area contributed by atoms with E-state index < -0.39 is 18.5 Å². The van der Waals surface area contributed by atoms with Crippen LogP contribution in [0, 0.1) is 0 Å². The Hall–Kier alpha value is -3.09. The Bertz CT molecular complexity index is 735. The predicted octanol–water partition coefficient (Wildman–Crippen LogP) is 2.54. The monoisotopic (exact) mass is 344 g/mol. The SMILES string of the molecule is CC(C)Oc1cc(OCC(=O)O)cc(C(=O)NC2=NC=CCC=C2)c1. The van der Waals surface area contributed by atoms with E-state index in [0.717, 1.165) is 6.42 Å². The minimum absolute atomic E-state index is 0.107. The molecule has 1 aromatic rings. The zero-order valence-electron chi connectivity index (χ0n) is 14.1. The molecular formula is C18H20N2O5. The normalized spacial score (nSPS) is 13.2. The summed E-state index contributed by atoms with van der Waals surface area (Å²) < 4.78 is 10.8. The second-order valence-electron chi connectivity index (χ2n) is 5.53. The number of hydrogen-bond acceptors (Lipinski definition) is 5. The third-order valence-electron chi connectivity index (χ3n) is 2.98. The van der Waals surface area contributed by atoms with Crippen molar-refractivity contribution >= 4 is 17.7 Å². The molecule has 0 aromatic heterocycles. The number of aliphatic carboxylic acids is 1. The second kappa shape index (κ2) is 8.68. The number of allylic oxidation sites excluding steroid dienone is 2. The van der Waals surface area contributed by atoms with Gasteiger partial charge >= 0.3 is 5.97 Å². The Labute approximate surface area is 145 Å². The molecule has 1 aliphatic heterocycles. The molecule has 1 amide bonds. The maximum Gasteiger partial charge on any atom is 0.341 e. The molecule has 0 unspecified atom stereocenters. The Morgan fingerprint density at radius 3 is 2.72 bits per heavy atom. The van der Waals surface area contributed by atoms with Crippen molar-refractivity contribution in [2.24, 2.45) is 4.99 Å². The van der Waals surface area contributed by atoms with Gasteiger partial charge in [-0.3, -0.25) is 4.79 Å². The van der Waals surface area contributed by atoms with Crippen LogP contribution < -0.4 is 14.8 Å². The highest BCUT2D eigenvalue weighted by Crippen LogP contribution is 2.24. The number of nitrogens with one attached hydrogen (secondary N) is 1. The van der Waals surface area contributed by atoms with Gasteiger partial charge in [0.05, 0.1) is 6.10 Å². The highest BCUT2D eigenvalue weighted by Gasteiger charge is 2.13. The molecule has 0 bridgehead atoms. The van der Waals surface area contributed by atoms with Crippen molar-refractivity contribution in [1.29, 1.82) is 0 Å². The van der Waals surface area contributed by atoms with E-state index in [9.17, 15) is 9.59 Å². The molecule has 0 fully saturated rings. The summed E-state index contributed by atoms with van der Waals surface area (Å²) in [6.45, 7) is 3.19. The minimum Gasteiger partial charge on any atom is -0.491 e. The van der Waals surface area contributed by atoms with Gasteiger partial charge in [-0.2, -0.15) is 0 Å². The number of nitrogens with zero attached hydrogens (tertiary/aromatic N) is 1. The maximum atomic E-state index is 12.5. The topological polar surface area (TPSA) is 97.2 Å². The van der Waals surface area contributed by atoms with Crippen LogP contribution in [0.5, 0.6) is 11.5 Å². The smallest absolute Gasteiger partial charge is 0.341 e. The molecular weight excluding hydrogens is 324 g/mol. The molecule has 0 atom stereocenters. The number of carboxylic acid groups (broad SMARTS) is 1. The van der Waals surface area contributed by atoms with Crippen LogP contribution in [0.2, 0.25) is 0 Å². The first kappa shape index (κ1) is 18.3. The van der Waals surface area contributed by atoms with Gasteiger partial charge in [0.1, 0.15) is 17.3 Å². The molecule has 2 rings (SSSR count). The number of carbonyl (C=O) groups is 2. The third-order valence-corrected chi connectivity index (χ3v) is 2.98. The van der Waals surface area contributed by atoms with E-state index in [4.69, 9.17) is 14.6 Å². The average Bonchev–Trinajstić information content (AvgIpc) is 2.80. The molecule has 0 aliphatic carbocycles. The number of ether oxygens (including phenoxy) is 2. The molecule has 1 aromatic carbocycles. The van der Waals surface area contributed by atoms with Crippen LogP contribution in [-0.4, -0.2) is 35.5 Å². The molecule has 1 heterocycles. The number of aliphatic imine (C=N–C) groups is 1. The van der Waals surface area contributed by atoms with Gasteiger partial charge in [0.2, 0.25) is 0 Å². The van der Waals surface area contributed by atoms with Gasteiger partial charge in [0.25, 0.3) is 5.91 Å². The highest BCUT2D eigenvalue weighted by molar-refractivity contribution is 6.10. The van der Waals surface area contributed by atoms with Crippen molar-refractivity contribution in [2.45, 2.75) is 26.4 Å². The zero-order valence-corrected chi connectivity index (χ0v) is 14.1. The van der Waals surface area contributed by atoms with Crippen LogP contribution >= 0.6 is 0 Å². The molecule has 7 nitrogen and oxygen atoms in total. The number of amides is 1. The Morgan fingerprint density at radius 1 is 1.24 bits per heavy atom. The van der Waals surface area contributed by atoms with Crippen LogP contribution in [0.4, 0.5) is 0 Å². The van der Waals surface area contributed by atoms with E-state index in [2.05, 4.69) is 10.3 Å². The van der Waals surface area contributed by atoms with Crippen molar-refractivity contribution in [2.75, 3.05) is 6.61 Å². The zero-order chi connectivity index (χ0) is 18.2. The first-order valence-electron chi connectivity index (χ1n) is 7.81. The Kier molecular flexibility index (Phi) is 6.33. The summed E-state index contributed by atoms with van der Waals surface area (Å²) in [6.07, 6.45) is 7.72. The maximum absolute atomic E-state index is 12.5. The number of rotatable bonds is 6. The van der Waals surface area contributed by atoms with Crippen LogP contribution in [0.25, 0.3) is 0 Å². The van der Waals surface area contributed by atoms with E-state index in [-0.39, 0.29) is 17.4 Å². The van der Waals surface area contributed by atoms with E-state index >= 15 is 0 Å². The first-order valence-corrected chi connectivity index (χ1v) is 7.81. The van der Waals surface area contributed by atoms with Crippen LogP contribution in [-0.2, 0) is 4.79 Å². The van der Waals surface area contributed by atoms with E-state index in [1.54, 1.807) is 24.4 Å². The van der Waals surface area contributed by atoms with Crippen molar-refractivity contribution in [1.82, 2.24) is 5.32 Å².